The predicted molar refractivity (Wildman–Crippen MR) is 107 cm³/mol. The van der Waals surface area contributed by atoms with Crippen LogP contribution in [0.1, 0.15) is 19.3 Å². The second-order valence-corrected chi connectivity index (χ2v) is 8.55. The van der Waals surface area contributed by atoms with Gasteiger partial charge < -0.3 is 15.5 Å². The van der Waals surface area contributed by atoms with E-state index in [4.69, 9.17) is 0 Å². The molecule has 3 fully saturated rings. The molecule has 3 unspecified atom stereocenters. The molecule has 12 nitrogen and oxygen atoms in total. The average molecular weight is 443 g/mol. The molecule has 3 atom stereocenters. The maximum absolute atomic E-state index is 12.1. The fourth-order valence-corrected chi connectivity index (χ4v) is 4.35. The van der Waals surface area contributed by atoms with E-state index >= 15 is 0 Å². The molecular weight excluding hydrogens is 408 g/mol. The van der Waals surface area contributed by atoms with Crippen molar-refractivity contribution in [1.82, 2.24) is 30.7 Å². The fourth-order valence-electron chi connectivity index (χ4n) is 4.35. The van der Waals surface area contributed by atoms with Crippen molar-refractivity contribution in [2.45, 2.75) is 19.3 Å². The SMILES string of the molecule is O=C1C(CNCCN(CCNCC2CCN(O)C2=O)CC2CCN(O)C2=O)CCN1O. The van der Waals surface area contributed by atoms with Crippen LogP contribution in [0.3, 0.4) is 0 Å². The standard InChI is InChI=1S/C19H34N6O6/c26-17-14(1-6-23(17)29)11-20-4-9-22(13-16-3-8-25(31)19(16)28)10-5-21-12-15-2-7-24(30)18(15)27/h14-16,20-21,29-31H,1-13H2. The van der Waals surface area contributed by atoms with Crippen LogP contribution in [0, 0.1) is 17.8 Å². The highest BCUT2D eigenvalue weighted by atomic mass is 16.5. The maximum Gasteiger partial charge on any atom is 0.250 e. The number of rotatable bonds is 12. The molecule has 0 aliphatic carbocycles. The van der Waals surface area contributed by atoms with E-state index < -0.39 is 0 Å². The van der Waals surface area contributed by atoms with Crippen LogP contribution >= 0.6 is 0 Å². The van der Waals surface area contributed by atoms with Crippen LogP contribution in [-0.4, -0.2) is 119 Å². The maximum atomic E-state index is 12.1. The van der Waals surface area contributed by atoms with E-state index in [0.29, 0.717) is 84.7 Å². The molecule has 3 aliphatic heterocycles. The average Bonchev–Trinajstić information content (AvgIpc) is 3.36. The van der Waals surface area contributed by atoms with E-state index in [1.165, 1.54) is 0 Å². The van der Waals surface area contributed by atoms with Crippen molar-refractivity contribution >= 4 is 17.7 Å². The van der Waals surface area contributed by atoms with Crippen LogP contribution in [0.5, 0.6) is 0 Å². The van der Waals surface area contributed by atoms with Crippen LogP contribution in [0.4, 0.5) is 0 Å². The van der Waals surface area contributed by atoms with Crippen LogP contribution < -0.4 is 10.6 Å². The number of nitrogens with one attached hydrogen (secondary N) is 2. The Morgan fingerprint density at radius 1 is 0.710 bits per heavy atom. The van der Waals surface area contributed by atoms with Crippen molar-refractivity contribution in [3.05, 3.63) is 0 Å². The van der Waals surface area contributed by atoms with Gasteiger partial charge in [0.2, 0.25) is 17.7 Å². The summed E-state index contributed by atoms with van der Waals surface area (Å²) in [5.74, 6) is -1.44. The molecule has 0 aromatic heterocycles. The minimum Gasteiger partial charge on any atom is -0.315 e. The Morgan fingerprint density at radius 3 is 1.45 bits per heavy atom. The summed E-state index contributed by atoms with van der Waals surface area (Å²) >= 11 is 0. The van der Waals surface area contributed by atoms with Gasteiger partial charge in [0.25, 0.3) is 0 Å². The minimum atomic E-state index is -0.259. The van der Waals surface area contributed by atoms with E-state index in [0.717, 1.165) is 15.2 Å². The third kappa shape index (κ3) is 6.34. The lowest BCUT2D eigenvalue weighted by molar-refractivity contribution is -0.160. The quantitative estimate of drug-likeness (QED) is 0.174. The summed E-state index contributed by atoms with van der Waals surface area (Å²) in [6, 6.07) is 0. The van der Waals surface area contributed by atoms with E-state index in [1.54, 1.807) is 0 Å². The number of carbonyl (C=O) groups is 3. The Bertz CT molecular complexity index is 613. The van der Waals surface area contributed by atoms with Gasteiger partial charge in [0, 0.05) is 65.4 Å². The Kier molecular flexibility index (Phi) is 8.58. The van der Waals surface area contributed by atoms with Crippen LogP contribution in [-0.2, 0) is 14.4 Å². The fraction of sp³-hybridized carbons (Fsp3) is 0.842. The monoisotopic (exact) mass is 442 g/mol. The molecule has 0 spiro atoms. The zero-order valence-electron chi connectivity index (χ0n) is 17.8. The molecular formula is C19H34N6O6. The normalized spacial score (nSPS) is 26.9. The molecule has 5 N–H and O–H groups in total. The number of amides is 3. The molecule has 0 aromatic rings. The van der Waals surface area contributed by atoms with E-state index in [9.17, 15) is 30.0 Å². The summed E-state index contributed by atoms with van der Waals surface area (Å²) < 4.78 is 0. The Balaban J connectivity index is 1.40. The second-order valence-electron chi connectivity index (χ2n) is 8.55. The van der Waals surface area contributed by atoms with E-state index in [-0.39, 0.29) is 35.5 Å². The summed E-state index contributed by atoms with van der Waals surface area (Å²) in [7, 11) is 0. The van der Waals surface area contributed by atoms with Gasteiger partial charge in [0.1, 0.15) is 0 Å². The van der Waals surface area contributed by atoms with Gasteiger partial charge in [-0.05, 0) is 19.3 Å². The summed E-state index contributed by atoms with van der Waals surface area (Å²) in [6.07, 6.45) is 1.87. The van der Waals surface area contributed by atoms with E-state index in [1.807, 2.05) is 0 Å². The lowest BCUT2D eigenvalue weighted by Crippen LogP contribution is -2.42. The number of hydrogen-bond donors (Lipinski definition) is 5. The van der Waals surface area contributed by atoms with Crippen molar-refractivity contribution in [1.29, 1.82) is 0 Å². The third-order valence-electron chi connectivity index (χ3n) is 6.35. The topological polar surface area (TPSA) is 149 Å². The zero-order chi connectivity index (χ0) is 22.4. The van der Waals surface area contributed by atoms with Gasteiger partial charge in [-0.25, -0.2) is 15.2 Å². The van der Waals surface area contributed by atoms with Crippen LogP contribution in [0.2, 0.25) is 0 Å². The highest BCUT2D eigenvalue weighted by Crippen LogP contribution is 2.18. The van der Waals surface area contributed by atoms with Gasteiger partial charge in [-0.3, -0.25) is 30.0 Å². The first-order chi connectivity index (χ1) is 14.9. The van der Waals surface area contributed by atoms with Crippen molar-refractivity contribution in [3.63, 3.8) is 0 Å². The molecule has 3 saturated heterocycles. The summed E-state index contributed by atoms with van der Waals surface area (Å²) in [5, 5.41) is 37.2. The first kappa shape index (κ1) is 23.8. The highest BCUT2D eigenvalue weighted by Gasteiger charge is 2.33. The summed E-state index contributed by atoms with van der Waals surface area (Å²) in [6.45, 7) is 5.16. The molecule has 0 saturated carbocycles. The van der Waals surface area contributed by atoms with Gasteiger partial charge in [-0.1, -0.05) is 0 Å². The molecule has 3 heterocycles. The molecule has 31 heavy (non-hydrogen) atoms. The van der Waals surface area contributed by atoms with Gasteiger partial charge in [-0.15, -0.1) is 0 Å². The summed E-state index contributed by atoms with van der Waals surface area (Å²) in [5.41, 5.74) is 0. The molecule has 0 radical (unpaired) electrons. The minimum absolute atomic E-state index is 0.213. The molecule has 0 aromatic carbocycles. The van der Waals surface area contributed by atoms with Crippen molar-refractivity contribution < 1.29 is 30.0 Å². The Hall–Kier alpha value is -1.83. The highest BCUT2D eigenvalue weighted by molar-refractivity contribution is 5.80. The van der Waals surface area contributed by atoms with Gasteiger partial charge >= 0.3 is 0 Å². The second kappa shape index (κ2) is 11.2. The van der Waals surface area contributed by atoms with Gasteiger partial charge in [0.15, 0.2) is 0 Å². The Labute approximate surface area is 181 Å². The van der Waals surface area contributed by atoms with E-state index in [2.05, 4.69) is 15.5 Å². The predicted octanol–water partition coefficient (Wildman–Crippen LogP) is -1.82. The van der Waals surface area contributed by atoms with Crippen molar-refractivity contribution in [2.75, 3.05) is 65.4 Å². The number of carbonyl (C=O) groups excluding carboxylic acids is 3. The largest absolute Gasteiger partial charge is 0.315 e. The lowest BCUT2D eigenvalue weighted by atomic mass is 10.1. The number of hydroxylamine groups is 6. The van der Waals surface area contributed by atoms with Gasteiger partial charge in [-0.2, -0.15) is 0 Å². The number of hydrogen-bond acceptors (Lipinski definition) is 9. The van der Waals surface area contributed by atoms with Gasteiger partial charge in [0.05, 0.1) is 17.8 Å². The molecule has 3 rings (SSSR count). The third-order valence-corrected chi connectivity index (χ3v) is 6.35. The summed E-state index contributed by atoms with van der Waals surface area (Å²) in [4.78, 5) is 37.7. The Morgan fingerprint density at radius 2 is 1.10 bits per heavy atom. The zero-order valence-corrected chi connectivity index (χ0v) is 17.8. The van der Waals surface area contributed by atoms with Crippen molar-refractivity contribution in [2.24, 2.45) is 17.8 Å². The van der Waals surface area contributed by atoms with Crippen LogP contribution in [0.25, 0.3) is 0 Å². The molecule has 3 amide bonds. The molecule has 12 heteroatoms. The smallest absolute Gasteiger partial charge is 0.250 e. The van der Waals surface area contributed by atoms with Crippen molar-refractivity contribution in [3.8, 4) is 0 Å². The lowest BCUT2D eigenvalue weighted by Gasteiger charge is -2.25. The first-order valence-corrected chi connectivity index (χ1v) is 11.0. The number of nitrogens with zero attached hydrogens (tertiary/aromatic N) is 4. The molecule has 0 bridgehead atoms. The molecule has 3 aliphatic rings. The first-order valence-electron chi connectivity index (χ1n) is 11.0. The van der Waals surface area contributed by atoms with Crippen LogP contribution in [0.15, 0.2) is 0 Å². The molecule has 176 valence electrons.